The minimum atomic E-state index is -4.51. The van der Waals surface area contributed by atoms with Crippen molar-refractivity contribution in [1.82, 2.24) is 10.6 Å². The Morgan fingerprint density at radius 1 is 1.13 bits per heavy atom. The average molecular weight is 434 g/mol. The van der Waals surface area contributed by atoms with Gasteiger partial charge in [0, 0.05) is 9.79 Å². The fraction of sp³-hybridized carbons (Fsp3) is 0.364. The molecule has 30 heavy (non-hydrogen) atoms. The summed E-state index contributed by atoms with van der Waals surface area (Å²) in [7, 11) is 0. The second-order valence-electron chi connectivity index (χ2n) is 7.54. The Morgan fingerprint density at radius 2 is 1.87 bits per heavy atom. The van der Waals surface area contributed by atoms with Gasteiger partial charge in [-0.15, -0.1) is 0 Å². The first-order valence-corrected chi connectivity index (χ1v) is 10.7. The van der Waals surface area contributed by atoms with Crippen LogP contribution in [0.2, 0.25) is 0 Å². The van der Waals surface area contributed by atoms with E-state index in [9.17, 15) is 22.8 Å². The minimum Gasteiger partial charge on any atom is -0.344 e. The smallest absolute Gasteiger partial charge is 0.344 e. The molecule has 0 saturated carbocycles. The molecular formula is C22H21F3N2O2S. The fourth-order valence-corrected chi connectivity index (χ4v) is 5.06. The molecule has 3 atom stereocenters. The molecule has 2 heterocycles. The Bertz CT molecular complexity index is 993. The van der Waals surface area contributed by atoms with Crippen LogP contribution in [0.1, 0.15) is 42.5 Å². The number of hydrogen-bond acceptors (Lipinski definition) is 3. The molecule has 4 rings (SSSR count). The van der Waals surface area contributed by atoms with Crippen LogP contribution in [0.25, 0.3) is 0 Å². The van der Waals surface area contributed by atoms with Crippen LogP contribution >= 0.6 is 11.8 Å². The van der Waals surface area contributed by atoms with Crippen molar-refractivity contribution >= 4 is 23.6 Å². The molecule has 8 heteroatoms. The SMILES string of the molecule is CCc1ccc2c(c1)C(NC(=O)C1CCC(C(F)(F)F)NC1=O)c1ccccc1S2. The van der Waals surface area contributed by atoms with E-state index in [0.717, 1.165) is 32.9 Å². The second-order valence-corrected chi connectivity index (χ2v) is 8.62. The van der Waals surface area contributed by atoms with Gasteiger partial charge in [-0.05, 0) is 48.1 Å². The number of nitrogens with one attached hydrogen (secondary N) is 2. The number of benzene rings is 2. The van der Waals surface area contributed by atoms with Crippen LogP contribution in [0.15, 0.2) is 52.3 Å². The Balaban J connectivity index is 1.60. The van der Waals surface area contributed by atoms with Crippen molar-refractivity contribution in [3.63, 3.8) is 0 Å². The summed E-state index contributed by atoms with van der Waals surface area (Å²) in [6.45, 7) is 2.04. The quantitative estimate of drug-likeness (QED) is 0.705. The highest BCUT2D eigenvalue weighted by molar-refractivity contribution is 7.99. The van der Waals surface area contributed by atoms with Gasteiger partial charge in [0.2, 0.25) is 11.8 Å². The third-order valence-electron chi connectivity index (χ3n) is 5.62. The van der Waals surface area contributed by atoms with E-state index in [1.165, 1.54) is 0 Å². The topological polar surface area (TPSA) is 58.2 Å². The minimum absolute atomic E-state index is 0.132. The van der Waals surface area contributed by atoms with E-state index in [-0.39, 0.29) is 12.8 Å². The van der Waals surface area contributed by atoms with Crippen molar-refractivity contribution in [1.29, 1.82) is 0 Å². The van der Waals surface area contributed by atoms with Crippen LogP contribution in [0.3, 0.4) is 0 Å². The van der Waals surface area contributed by atoms with E-state index in [1.807, 2.05) is 54.7 Å². The van der Waals surface area contributed by atoms with Crippen LogP contribution in [-0.2, 0) is 16.0 Å². The molecular weight excluding hydrogens is 413 g/mol. The third-order valence-corrected chi connectivity index (χ3v) is 6.80. The van der Waals surface area contributed by atoms with Crippen molar-refractivity contribution in [2.45, 2.75) is 54.2 Å². The zero-order valence-corrected chi connectivity index (χ0v) is 17.1. The van der Waals surface area contributed by atoms with Gasteiger partial charge in [-0.2, -0.15) is 13.2 Å². The Labute approximate surface area is 176 Å². The summed E-state index contributed by atoms with van der Waals surface area (Å²) in [5.74, 6) is -2.56. The zero-order valence-electron chi connectivity index (χ0n) is 16.3. The standard InChI is InChI=1S/C22H21F3N2O2S/c1-2-12-7-9-17-15(11-12)19(13-5-3-4-6-16(13)30-17)27-21(29)14-8-10-18(22(23,24)25)26-20(14)28/h3-7,9,11,14,18-19H,2,8,10H2,1H3,(H,26,28)(H,27,29). The Morgan fingerprint density at radius 3 is 2.57 bits per heavy atom. The summed E-state index contributed by atoms with van der Waals surface area (Å²) in [5, 5.41) is 4.89. The lowest BCUT2D eigenvalue weighted by molar-refractivity contribution is -0.171. The molecule has 0 spiro atoms. The van der Waals surface area contributed by atoms with Gasteiger partial charge >= 0.3 is 6.18 Å². The Hall–Kier alpha value is -2.48. The molecule has 0 aliphatic carbocycles. The molecule has 158 valence electrons. The van der Waals surface area contributed by atoms with Crippen molar-refractivity contribution < 1.29 is 22.8 Å². The number of aryl methyl sites for hydroxylation is 1. The summed E-state index contributed by atoms with van der Waals surface area (Å²) in [4.78, 5) is 27.2. The number of carbonyl (C=O) groups excluding carboxylic acids is 2. The van der Waals surface area contributed by atoms with Gasteiger partial charge in [0.25, 0.3) is 0 Å². The van der Waals surface area contributed by atoms with Crippen molar-refractivity contribution in [3.05, 3.63) is 59.2 Å². The van der Waals surface area contributed by atoms with E-state index in [4.69, 9.17) is 0 Å². The summed E-state index contributed by atoms with van der Waals surface area (Å²) >= 11 is 1.62. The zero-order chi connectivity index (χ0) is 21.5. The normalized spacial score (nSPS) is 23.2. The summed E-state index contributed by atoms with van der Waals surface area (Å²) in [5.41, 5.74) is 2.98. The first kappa shape index (κ1) is 20.8. The van der Waals surface area contributed by atoms with Gasteiger partial charge in [0.15, 0.2) is 0 Å². The van der Waals surface area contributed by atoms with E-state index < -0.39 is 36.0 Å². The lowest BCUT2D eigenvalue weighted by atomic mass is 9.91. The van der Waals surface area contributed by atoms with E-state index in [1.54, 1.807) is 11.8 Å². The largest absolute Gasteiger partial charge is 0.408 e. The maximum Gasteiger partial charge on any atom is 0.408 e. The van der Waals surface area contributed by atoms with Gasteiger partial charge in [0.05, 0.1) is 6.04 Å². The number of rotatable bonds is 3. The van der Waals surface area contributed by atoms with Crippen LogP contribution in [-0.4, -0.2) is 24.0 Å². The molecule has 2 aliphatic rings. The van der Waals surface area contributed by atoms with E-state index in [2.05, 4.69) is 5.32 Å². The molecule has 2 aromatic rings. The average Bonchev–Trinajstić information content (AvgIpc) is 2.72. The highest BCUT2D eigenvalue weighted by Crippen LogP contribution is 2.45. The summed E-state index contributed by atoms with van der Waals surface area (Å²) in [6.07, 6.45) is -4.11. The maximum absolute atomic E-state index is 12.9. The van der Waals surface area contributed by atoms with Gasteiger partial charge in [-0.3, -0.25) is 9.59 Å². The van der Waals surface area contributed by atoms with Gasteiger partial charge in [0.1, 0.15) is 12.0 Å². The number of carbonyl (C=O) groups is 2. The molecule has 3 unspecified atom stereocenters. The third kappa shape index (κ3) is 3.93. The lowest BCUT2D eigenvalue weighted by Crippen LogP contribution is -2.54. The van der Waals surface area contributed by atoms with Crippen molar-refractivity contribution in [3.8, 4) is 0 Å². The molecule has 2 aliphatic heterocycles. The van der Waals surface area contributed by atoms with Crippen LogP contribution < -0.4 is 10.6 Å². The maximum atomic E-state index is 12.9. The molecule has 0 radical (unpaired) electrons. The monoisotopic (exact) mass is 434 g/mol. The number of halogens is 3. The van der Waals surface area contributed by atoms with Crippen LogP contribution in [0.5, 0.6) is 0 Å². The van der Waals surface area contributed by atoms with Crippen LogP contribution in [0, 0.1) is 5.92 Å². The predicted molar refractivity (Wildman–Crippen MR) is 107 cm³/mol. The number of amides is 2. The fourth-order valence-electron chi connectivity index (χ4n) is 3.94. The highest BCUT2D eigenvalue weighted by atomic mass is 32.2. The van der Waals surface area contributed by atoms with E-state index in [0.29, 0.717) is 0 Å². The number of hydrogen-bond donors (Lipinski definition) is 2. The predicted octanol–water partition coefficient (Wildman–Crippen LogP) is 4.38. The first-order chi connectivity index (χ1) is 14.3. The molecule has 2 N–H and O–H groups in total. The molecule has 2 amide bonds. The molecule has 4 nitrogen and oxygen atoms in total. The number of fused-ring (bicyclic) bond motifs is 2. The molecule has 0 bridgehead atoms. The second kappa shape index (κ2) is 7.98. The first-order valence-electron chi connectivity index (χ1n) is 9.85. The summed E-state index contributed by atoms with van der Waals surface area (Å²) < 4.78 is 38.7. The number of alkyl halides is 3. The van der Waals surface area contributed by atoms with E-state index >= 15 is 0 Å². The van der Waals surface area contributed by atoms with Crippen molar-refractivity contribution in [2.75, 3.05) is 0 Å². The van der Waals surface area contributed by atoms with Gasteiger partial charge < -0.3 is 10.6 Å². The summed E-state index contributed by atoms with van der Waals surface area (Å²) in [6, 6.07) is 11.5. The van der Waals surface area contributed by atoms with Gasteiger partial charge in [-0.25, -0.2) is 0 Å². The highest BCUT2D eigenvalue weighted by Gasteiger charge is 2.46. The molecule has 0 aromatic heterocycles. The molecule has 1 fully saturated rings. The molecule has 1 saturated heterocycles. The molecule has 2 aromatic carbocycles. The number of piperidine rings is 1. The van der Waals surface area contributed by atoms with Gasteiger partial charge in [-0.1, -0.05) is 49.0 Å². The Kier molecular flexibility index (Phi) is 5.53. The lowest BCUT2D eigenvalue weighted by Gasteiger charge is -2.33. The van der Waals surface area contributed by atoms with Crippen molar-refractivity contribution in [2.24, 2.45) is 5.92 Å². The van der Waals surface area contributed by atoms with Crippen LogP contribution in [0.4, 0.5) is 13.2 Å².